The van der Waals surface area contributed by atoms with E-state index >= 15 is 0 Å². The number of nitrogens with two attached hydrogens (primary N) is 1. The zero-order chi connectivity index (χ0) is 14.8. The molecule has 0 unspecified atom stereocenters. The highest BCUT2D eigenvalue weighted by Gasteiger charge is 2.08. The van der Waals surface area contributed by atoms with Gasteiger partial charge in [0.05, 0.1) is 6.20 Å². The molecular weight excluding hydrogens is 335 g/mol. The zero-order valence-electron chi connectivity index (χ0n) is 11.0. The highest BCUT2D eigenvalue weighted by atomic mass is 79.9. The first-order chi connectivity index (χ1) is 10.2. The quantitative estimate of drug-likeness (QED) is 0.765. The maximum Gasteiger partial charge on any atom is 0.223 e. The Labute approximate surface area is 129 Å². The first kappa shape index (κ1) is 14.0. The number of nitrogens with zero attached hydrogens (tertiary/aromatic N) is 1. The Balaban J connectivity index is 1.96. The molecule has 0 bridgehead atoms. The summed E-state index contributed by atoms with van der Waals surface area (Å²) in [5.74, 6) is 0.542. The smallest absolute Gasteiger partial charge is 0.223 e. The van der Waals surface area contributed by atoms with Crippen LogP contribution in [0.15, 0.2) is 53.1 Å². The van der Waals surface area contributed by atoms with Crippen LogP contribution in [0, 0.1) is 5.82 Å². The van der Waals surface area contributed by atoms with Crippen molar-refractivity contribution in [2.75, 3.05) is 0 Å². The van der Waals surface area contributed by atoms with Crippen molar-refractivity contribution in [2.45, 2.75) is 6.54 Å². The average Bonchev–Trinajstić information content (AvgIpc) is 2.49. The molecule has 2 N–H and O–H groups in total. The van der Waals surface area contributed by atoms with Gasteiger partial charge in [0.25, 0.3) is 0 Å². The number of aromatic nitrogens is 1. The second-order valence-corrected chi connectivity index (χ2v) is 5.49. The van der Waals surface area contributed by atoms with Crippen molar-refractivity contribution in [3.05, 3.63) is 64.5 Å². The van der Waals surface area contributed by atoms with E-state index in [2.05, 4.69) is 20.9 Å². The van der Waals surface area contributed by atoms with Gasteiger partial charge in [-0.05, 0) is 41.1 Å². The van der Waals surface area contributed by atoms with Crippen LogP contribution < -0.4 is 10.5 Å². The molecule has 1 heterocycles. The second-order valence-electron chi connectivity index (χ2n) is 4.58. The summed E-state index contributed by atoms with van der Waals surface area (Å²) in [6.07, 6.45) is 1.12. The lowest BCUT2D eigenvalue weighted by Gasteiger charge is -2.09. The first-order valence-electron chi connectivity index (χ1n) is 6.37. The van der Waals surface area contributed by atoms with Gasteiger partial charge in [0.2, 0.25) is 5.88 Å². The fourth-order valence-electron chi connectivity index (χ4n) is 2.08. The molecule has 1 aromatic heterocycles. The van der Waals surface area contributed by atoms with Gasteiger partial charge in [-0.2, -0.15) is 0 Å². The van der Waals surface area contributed by atoms with E-state index in [0.29, 0.717) is 17.2 Å². The standard InChI is InChI=1S/C16H12BrFN2O/c17-13-3-1-11-7-15(4-2-10(11)5-13)21-16-12(8-19)6-14(18)9-20-16/h1-7,9H,8,19H2. The molecule has 21 heavy (non-hydrogen) atoms. The Kier molecular flexibility index (Phi) is 3.86. The third-order valence-electron chi connectivity index (χ3n) is 3.10. The van der Waals surface area contributed by atoms with Crippen LogP contribution in [-0.4, -0.2) is 4.98 Å². The molecule has 5 heteroatoms. The van der Waals surface area contributed by atoms with E-state index in [1.807, 2.05) is 36.4 Å². The minimum atomic E-state index is -0.425. The molecule has 0 saturated heterocycles. The monoisotopic (exact) mass is 346 g/mol. The SMILES string of the molecule is NCc1cc(F)cnc1Oc1ccc2cc(Br)ccc2c1. The predicted molar refractivity (Wildman–Crippen MR) is 83.8 cm³/mol. The van der Waals surface area contributed by atoms with Crippen LogP contribution in [0.4, 0.5) is 4.39 Å². The van der Waals surface area contributed by atoms with Gasteiger partial charge >= 0.3 is 0 Å². The summed E-state index contributed by atoms with van der Waals surface area (Å²) < 4.78 is 19.9. The van der Waals surface area contributed by atoms with E-state index in [1.165, 1.54) is 6.07 Å². The third-order valence-corrected chi connectivity index (χ3v) is 3.59. The van der Waals surface area contributed by atoms with E-state index in [4.69, 9.17) is 10.5 Å². The lowest BCUT2D eigenvalue weighted by molar-refractivity contribution is 0.453. The van der Waals surface area contributed by atoms with Crippen molar-refractivity contribution in [1.82, 2.24) is 4.98 Å². The summed E-state index contributed by atoms with van der Waals surface area (Å²) in [6.45, 7) is 0.167. The fourth-order valence-corrected chi connectivity index (χ4v) is 2.46. The molecule has 3 rings (SSSR count). The maximum absolute atomic E-state index is 13.1. The fraction of sp³-hybridized carbons (Fsp3) is 0.0625. The van der Waals surface area contributed by atoms with Crippen molar-refractivity contribution in [2.24, 2.45) is 5.73 Å². The number of fused-ring (bicyclic) bond motifs is 1. The van der Waals surface area contributed by atoms with Crippen LogP contribution in [0.5, 0.6) is 11.6 Å². The molecule has 3 aromatic rings. The highest BCUT2D eigenvalue weighted by molar-refractivity contribution is 9.10. The number of benzene rings is 2. The number of pyridine rings is 1. The van der Waals surface area contributed by atoms with Crippen LogP contribution >= 0.6 is 15.9 Å². The minimum absolute atomic E-state index is 0.167. The highest BCUT2D eigenvalue weighted by Crippen LogP contribution is 2.28. The molecule has 0 aliphatic rings. The Morgan fingerprint density at radius 3 is 2.67 bits per heavy atom. The summed E-state index contributed by atoms with van der Waals surface area (Å²) in [5.41, 5.74) is 6.12. The molecular formula is C16H12BrFN2O. The maximum atomic E-state index is 13.1. The van der Waals surface area contributed by atoms with Gasteiger partial charge in [0, 0.05) is 16.6 Å². The summed E-state index contributed by atoms with van der Waals surface area (Å²) in [4.78, 5) is 3.95. The lowest BCUT2D eigenvalue weighted by Crippen LogP contribution is -2.02. The predicted octanol–water partition coefficient (Wildman–Crippen LogP) is 4.39. The summed E-state index contributed by atoms with van der Waals surface area (Å²) >= 11 is 3.44. The molecule has 0 atom stereocenters. The van der Waals surface area contributed by atoms with Crippen LogP contribution in [0.3, 0.4) is 0 Å². The van der Waals surface area contributed by atoms with Crippen molar-refractivity contribution in [3.63, 3.8) is 0 Å². The van der Waals surface area contributed by atoms with Crippen LogP contribution in [0.1, 0.15) is 5.56 Å². The van der Waals surface area contributed by atoms with E-state index in [-0.39, 0.29) is 6.54 Å². The van der Waals surface area contributed by atoms with Crippen LogP contribution in [0.25, 0.3) is 10.8 Å². The van der Waals surface area contributed by atoms with Gasteiger partial charge < -0.3 is 10.5 Å². The lowest BCUT2D eigenvalue weighted by atomic mass is 10.1. The molecule has 3 nitrogen and oxygen atoms in total. The summed E-state index contributed by atoms with van der Waals surface area (Å²) in [6, 6.07) is 13.0. The summed E-state index contributed by atoms with van der Waals surface area (Å²) in [7, 11) is 0. The first-order valence-corrected chi connectivity index (χ1v) is 7.16. The molecule has 0 aliphatic heterocycles. The van der Waals surface area contributed by atoms with Crippen molar-refractivity contribution >= 4 is 26.7 Å². The normalized spacial score (nSPS) is 10.8. The summed E-state index contributed by atoms with van der Waals surface area (Å²) in [5, 5.41) is 2.15. The second kappa shape index (κ2) is 5.79. The van der Waals surface area contributed by atoms with E-state index in [1.54, 1.807) is 0 Å². The third kappa shape index (κ3) is 3.04. The van der Waals surface area contributed by atoms with Gasteiger partial charge in [-0.25, -0.2) is 9.37 Å². The van der Waals surface area contributed by atoms with Crippen molar-refractivity contribution in [3.8, 4) is 11.6 Å². The number of hydrogen-bond donors (Lipinski definition) is 1. The van der Waals surface area contributed by atoms with Gasteiger partial charge in [0.15, 0.2) is 0 Å². The van der Waals surface area contributed by atoms with Crippen LogP contribution in [-0.2, 0) is 6.54 Å². The van der Waals surface area contributed by atoms with Crippen LogP contribution in [0.2, 0.25) is 0 Å². The molecule has 0 saturated carbocycles. The molecule has 0 amide bonds. The Bertz CT molecular complexity index is 807. The van der Waals surface area contributed by atoms with Gasteiger partial charge in [-0.1, -0.05) is 28.1 Å². The van der Waals surface area contributed by atoms with Gasteiger partial charge in [0.1, 0.15) is 11.6 Å². The topological polar surface area (TPSA) is 48.1 Å². The molecule has 2 aromatic carbocycles. The number of ether oxygens (including phenoxy) is 1. The Hall–Kier alpha value is -1.98. The van der Waals surface area contributed by atoms with E-state index in [0.717, 1.165) is 21.4 Å². The number of halogens is 2. The zero-order valence-corrected chi connectivity index (χ0v) is 12.6. The van der Waals surface area contributed by atoms with Gasteiger partial charge in [-0.3, -0.25) is 0 Å². The molecule has 0 fully saturated rings. The Morgan fingerprint density at radius 1 is 1.10 bits per heavy atom. The molecule has 0 aliphatic carbocycles. The van der Waals surface area contributed by atoms with Crippen molar-refractivity contribution in [1.29, 1.82) is 0 Å². The molecule has 106 valence electrons. The van der Waals surface area contributed by atoms with Gasteiger partial charge in [-0.15, -0.1) is 0 Å². The van der Waals surface area contributed by atoms with Crippen molar-refractivity contribution < 1.29 is 9.13 Å². The molecule has 0 radical (unpaired) electrons. The van der Waals surface area contributed by atoms with E-state index in [9.17, 15) is 4.39 Å². The minimum Gasteiger partial charge on any atom is -0.439 e. The largest absolute Gasteiger partial charge is 0.439 e. The molecule has 0 spiro atoms. The number of rotatable bonds is 3. The number of hydrogen-bond acceptors (Lipinski definition) is 3. The Morgan fingerprint density at radius 2 is 1.86 bits per heavy atom. The van der Waals surface area contributed by atoms with E-state index < -0.39 is 5.82 Å². The average molecular weight is 347 g/mol.